The Kier molecular flexibility index (Phi) is 4.67. The van der Waals surface area contributed by atoms with Crippen molar-refractivity contribution in [2.75, 3.05) is 6.54 Å². The van der Waals surface area contributed by atoms with E-state index in [4.69, 9.17) is 11.6 Å². The van der Waals surface area contributed by atoms with Crippen LogP contribution in [0.5, 0.6) is 0 Å². The lowest BCUT2D eigenvalue weighted by Crippen LogP contribution is -2.24. The van der Waals surface area contributed by atoms with Crippen LogP contribution in [0.3, 0.4) is 0 Å². The minimum atomic E-state index is -0.634. The van der Waals surface area contributed by atoms with Gasteiger partial charge in [-0.3, -0.25) is 4.68 Å². The summed E-state index contributed by atoms with van der Waals surface area (Å²) in [6, 6.07) is 1.73. The van der Waals surface area contributed by atoms with Gasteiger partial charge in [0.25, 0.3) is 0 Å². The largest absolute Gasteiger partial charge is 0.310 e. The Balaban J connectivity index is 2.30. The maximum Gasteiger partial charge on any atom is 0.142 e. The molecule has 0 bridgehead atoms. The molecule has 20 heavy (non-hydrogen) atoms. The molecule has 7 heteroatoms. The molecule has 2 aromatic rings. The zero-order chi connectivity index (χ0) is 14.7. The Morgan fingerprint density at radius 2 is 2.10 bits per heavy atom. The van der Waals surface area contributed by atoms with Crippen molar-refractivity contribution in [2.24, 2.45) is 7.05 Å². The molecule has 2 rings (SSSR count). The monoisotopic (exact) mass is 300 g/mol. The molecule has 1 unspecified atom stereocenters. The van der Waals surface area contributed by atoms with Gasteiger partial charge in [0.2, 0.25) is 0 Å². The molecule has 0 aliphatic heterocycles. The molecule has 1 aromatic carbocycles. The maximum atomic E-state index is 14.0. The Morgan fingerprint density at radius 1 is 1.35 bits per heavy atom. The Morgan fingerprint density at radius 3 is 2.70 bits per heavy atom. The van der Waals surface area contributed by atoms with Crippen LogP contribution in [0.1, 0.15) is 24.2 Å². The summed E-state index contributed by atoms with van der Waals surface area (Å²) in [6.45, 7) is 2.52. The van der Waals surface area contributed by atoms with Crippen molar-refractivity contribution in [2.45, 2.75) is 19.4 Å². The van der Waals surface area contributed by atoms with Crippen molar-refractivity contribution >= 4 is 11.6 Å². The molecule has 108 valence electrons. The maximum absolute atomic E-state index is 14.0. The second kappa shape index (κ2) is 6.28. The van der Waals surface area contributed by atoms with E-state index < -0.39 is 11.6 Å². The summed E-state index contributed by atoms with van der Waals surface area (Å²) in [4.78, 5) is 0. The van der Waals surface area contributed by atoms with Gasteiger partial charge in [-0.25, -0.2) is 8.78 Å². The molecule has 4 nitrogen and oxygen atoms in total. The fourth-order valence-electron chi connectivity index (χ4n) is 2.04. The summed E-state index contributed by atoms with van der Waals surface area (Å²) < 4.78 is 29.1. The van der Waals surface area contributed by atoms with Gasteiger partial charge in [-0.05, 0) is 18.7 Å². The minimum absolute atomic E-state index is 0.221. The summed E-state index contributed by atoms with van der Waals surface area (Å²) in [5.74, 6) is -1.17. The van der Waals surface area contributed by atoms with Crippen LogP contribution in [0, 0.1) is 11.6 Å². The minimum Gasteiger partial charge on any atom is -0.310 e. The summed E-state index contributed by atoms with van der Waals surface area (Å²) in [7, 11) is 1.75. The molecule has 1 atom stereocenters. The number of aromatic nitrogens is 3. The van der Waals surface area contributed by atoms with Crippen molar-refractivity contribution in [1.82, 2.24) is 20.3 Å². The molecule has 0 radical (unpaired) electrons. The van der Waals surface area contributed by atoms with Crippen molar-refractivity contribution < 1.29 is 8.78 Å². The lowest BCUT2D eigenvalue weighted by molar-refractivity contribution is 0.498. The van der Waals surface area contributed by atoms with Gasteiger partial charge >= 0.3 is 0 Å². The number of nitrogens with zero attached hydrogens (tertiary/aromatic N) is 3. The second-order valence-corrected chi connectivity index (χ2v) is 4.89. The van der Waals surface area contributed by atoms with Gasteiger partial charge < -0.3 is 5.32 Å². The lowest BCUT2D eigenvalue weighted by atomic mass is 10.0. The molecule has 0 amide bonds. The number of nitrogens with one attached hydrogen (secondary N) is 1. The van der Waals surface area contributed by atoms with Crippen molar-refractivity contribution in [3.05, 3.63) is 46.2 Å². The van der Waals surface area contributed by atoms with Crippen LogP contribution < -0.4 is 5.32 Å². The van der Waals surface area contributed by atoms with Crippen LogP contribution in [0.15, 0.2) is 18.3 Å². The summed E-state index contributed by atoms with van der Waals surface area (Å²) in [5.41, 5.74) is 0.938. The van der Waals surface area contributed by atoms with Gasteiger partial charge in [-0.2, -0.15) is 0 Å². The molecule has 0 saturated heterocycles. The first-order chi connectivity index (χ1) is 9.51. The van der Waals surface area contributed by atoms with Crippen LogP contribution in [0.25, 0.3) is 0 Å². The number of hydrogen-bond donors (Lipinski definition) is 1. The third kappa shape index (κ3) is 3.32. The molecule has 1 N–H and O–H groups in total. The number of likely N-dealkylation sites (N-methyl/N-ethyl adjacent to an activating group) is 1. The predicted molar refractivity (Wildman–Crippen MR) is 72.5 cm³/mol. The average Bonchev–Trinajstić information content (AvgIpc) is 2.79. The highest BCUT2D eigenvalue weighted by Crippen LogP contribution is 2.25. The van der Waals surface area contributed by atoms with E-state index in [2.05, 4.69) is 15.6 Å². The standard InChI is InChI=1S/C13H15ClF2N4/c1-3-17-13(4-8-7-20(2)19-18-8)9-5-12(16)10(14)6-11(9)15/h5-7,13,17H,3-4H2,1-2H3. The number of halogens is 3. The Bertz CT molecular complexity index is 600. The molecule has 0 aliphatic rings. The van der Waals surface area contributed by atoms with Gasteiger partial charge in [0.1, 0.15) is 11.6 Å². The van der Waals surface area contributed by atoms with E-state index in [0.717, 1.165) is 12.1 Å². The molecule has 0 saturated carbocycles. The van der Waals surface area contributed by atoms with Gasteiger partial charge in [-0.15, -0.1) is 5.10 Å². The second-order valence-electron chi connectivity index (χ2n) is 4.49. The van der Waals surface area contributed by atoms with E-state index in [-0.39, 0.29) is 16.6 Å². The van der Waals surface area contributed by atoms with Gasteiger partial charge in [0.05, 0.1) is 10.7 Å². The molecule has 0 aliphatic carbocycles. The van der Waals surface area contributed by atoms with E-state index in [9.17, 15) is 8.78 Å². The predicted octanol–water partition coefficient (Wildman–Crippen LogP) is 2.64. The van der Waals surface area contributed by atoms with Gasteiger partial charge in [-0.1, -0.05) is 23.7 Å². The molecule has 0 spiro atoms. The normalized spacial score (nSPS) is 12.7. The van der Waals surface area contributed by atoms with Crippen molar-refractivity contribution in [1.29, 1.82) is 0 Å². The Hall–Kier alpha value is -1.53. The SMILES string of the molecule is CCNC(Cc1cn(C)nn1)c1cc(F)c(Cl)cc1F. The summed E-state index contributed by atoms with van der Waals surface area (Å²) in [5, 5.41) is 10.7. The average molecular weight is 301 g/mol. The summed E-state index contributed by atoms with van der Waals surface area (Å²) in [6.07, 6.45) is 2.16. The molecular weight excluding hydrogens is 286 g/mol. The third-order valence-corrected chi connectivity index (χ3v) is 3.22. The first-order valence-corrected chi connectivity index (χ1v) is 6.62. The first kappa shape index (κ1) is 14.9. The fourth-order valence-corrected chi connectivity index (χ4v) is 2.19. The lowest BCUT2D eigenvalue weighted by Gasteiger charge is -2.18. The first-order valence-electron chi connectivity index (χ1n) is 6.24. The zero-order valence-corrected chi connectivity index (χ0v) is 12.0. The number of benzene rings is 1. The van der Waals surface area contributed by atoms with Crippen LogP contribution in [0.4, 0.5) is 8.78 Å². The van der Waals surface area contributed by atoms with Crippen molar-refractivity contribution in [3.63, 3.8) is 0 Å². The highest BCUT2D eigenvalue weighted by molar-refractivity contribution is 6.30. The molecular formula is C13H15ClF2N4. The number of hydrogen-bond acceptors (Lipinski definition) is 3. The van der Waals surface area contributed by atoms with E-state index >= 15 is 0 Å². The third-order valence-electron chi connectivity index (χ3n) is 2.93. The van der Waals surface area contributed by atoms with Crippen LogP contribution >= 0.6 is 11.6 Å². The molecule has 1 aromatic heterocycles. The van der Waals surface area contributed by atoms with Gasteiger partial charge in [0.15, 0.2) is 0 Å². The fraction of sp³-hybridized carbons (Fsp3) is 0.385. The number of aryl methyl sites for hydroxylation is 1. The van der Waals surface area contributed by atoms with Gasteiger partial charge in [0, 0.05) is 31.3 Å². The molecule has 1 heterocycles. The zero-order valence-electron chi connectivity index (χ0n) is 11.2. The van der Waals surface area contributed by atoms with Crippen LogP contribution in [-0.4, -0.2) is 21.5 Å². The topological polar surface area (TPSA) is 42.7 Å². The van der Waals surface area contributed by atoms with E-state index in [1.54, 1.807) is 17.9 Å². The molecule has 0 fully saturated rings. The highest BCUT2D eigenvalue weighted by Gasteiger charge is 2.19. The number of rotatable bonds is 5. The van der Waals surface area contributed by atoms with Crippen molar-refractivity contribution in [3.8, 4) is 0 Å². The van der Waals surface area contributed by atoms with Crippen LogP contribution in [0.2, 0.25) is 5.02 Å². The summed E-state index contributed by atoms with van der Waals surface area (Å²) >= 11 is 5.57. The smallest absolute Gasteiger partial charge is 0.142 e. The Labute approximate surface area is 120 Å². The van der Waals surface area contributed by atoms with E-state index in [1.807, 2.05) is 6.92 Å². The van der Waals surface area contributed by atoms with E-state index in [1.165, 1.54) is 0 Å². The highest BCUT2D eigenvalue weighted by atomic mass is 35.5. The van der Waals surface area contributed by atoms with Crippen LogP contribution in [-0.2, 0) is 13.5 Å². The quantitative estimate of drug-likeness (QED) is 0.863. The van der Waals surface area contributed by atoms with E-state index in [0.29, 0.717) is 18.7 Å².